The van der Waals surface area contributed by atoms with Gasteiger partial charge in [-0.3, -0.25) is 4.53 Å². The molecular formula is C23H49NO3SSi. The summed E-state index contributed by atoms with van der Waals surface area (Å²) in [5, 5.41) is 0.412. The molecule has 0 saturated carbocycles. The third-order valence-electron chi connectivity index (χ3n) is 5.84. The largest absolute Gasteiger partial charge is 0.517 e. The van der Waals surface area contributed by atoms with Crippen molar-refractivity contribution in [2.75, 3.05) is 19.8 Å². The van der Waals surface area contributed by atoms with Gasteiger partial charge in [0.2, 0.25) is 0 Å². The predicted octanol–water partition coefficient (Wildman–Crippen LogP) is 6.93. The van der Waals surface area contributed by atoms with E-state index in [4.69, 9.17) is 26.0 Å². The SMILES string of the molecule is CCCCCCCCO[Si]1(CCC(S)CCCCCCC)OCCC(C)CNO1. The second-order valence-electron chi connectivity index (χ2n) is 8.89. The van der Waals surface area contributed by atoms with Crippen molar-refractivity contribution in [3.63, 3.8) is 0 Å². The highest BCUT2D eigenvalue weighted by atomic mass is 32.1. The lowest BCUT2D eigenvalue weighted by Crippen LogP contribution is -2.52. The number of unbranched alkanes of at least 4 members (excludes halogenated alkanes) is 9. The Labute approximate surface area is 188 Å². The summed E-state index contributed by atoms with van der Waals surface area (Å²) in [6.07, 6.45) is 17.5. The van der Waals surface area contributed by atoms with Gasteiger partial charge in [-0.25, -0.2) is 5.48 Å². The Morgan fingerprint density at radius 1 is 0.966 bits per heavy atom. The highest BCUT2D eigenvalue weighted by molar-refractivity contribution is 7.80. The molecule has 0 aromatic carbocycles. The maximum absolute atomic E-state index is 6.35. The molecule has 1 aliphatic heterocycles. The Balaban J connectivity index is 2.39. The molecule has 0 spiro atoms. The first-order valence-corrected chi connectivity index (χ1v) is 14.9. The van der Waals surface area contributed by atoms with E-state index in [1.807, 2.05) is 0 Å². The van der Waals surface area contributed by atoms with Crippen molar-refractivity contribution < 1.29 is 13.4 Å². The van der Waals surface area contributed by atoms with Crippen LogP contribution in [0.15, 0.2) is 0 Å². The molecular weight excluding hydrogens is 398 g/mol. The summed E-state index contributed by atoms with van der Waals surface area (Å²) in [5.41, 5.74) is 3.17. The van der Waals surface area contributed by atoms with E-state index in [9.17, 15) is 0 Å². The molecule has 174 valence electrons. The molecule has 0 aliphatic carbocycles. The van der Waals surface area contributed by atoms with Crippen molar-refractivity contribution in [2.24, 2.45) is 5.92 Å². The molecule has 1 aliphatic rings. The van der Waals surface area contributed by atoms with Gasteiger partial charge < -0.3 is 8.85 Å². The second kappa shape index (κ2) is 18.0. The average Bonchev–Trinajstić information content (AvgIpc) is 2.70. The van der Waals surface area contributed by atoms with Crippen LogP contribution >= 0.6 is 12.6 Å². The predicted molar refractivity (Wildman–Crippen MR) is 129 cm³/mol. The summed E-state index contributed by atoms with van der Waals surface area (Å²) in [7, 11) is -2.65. The van der Waals surface area contributed by atoms with E-state index in [-0.39, 0.29) is 0 Å². The zero-order valence-corrected chi connectivity index (χ0v) is 21.4. The Hall–Kier alpha value is 0.407. The fourth-order valence-electron chi connectivity index (χ4n) is 3.69. The lowest BCUT2D eigenvalue weighted by molar-refractivity contribution is -0.00198. The Morgan fingerprint density at radius 3 is 2.34 bits per heavy atom. The Kier molecular flexibility index (Phi) is 17.1. The molecule has 0 amide bonds. The van der Waals surface area contributed by atoms with Gasteiger partial charge in [-0.05, 0) is 31.6 Å². The minimum Gasteiger partial charge on any atom is -0.373 e. The Morgan fingerprint density at radius 2 is 1.62 bits per heavy atom. The van der Waals surface area contributed by atoms with Crippen molar-refractivity contribution in [3.8, 4) is 0 Å². The number of hydroxylamine groups is 1. The molecule has 4 nitrogen and oxygen atoms in total. The van der Waals surface area contributed by atoms with Crippen LogP contribution in [0.4, 0.5) is 0 Å². The number of hydrogen-bond donors (Lipinski definition) is 2. The van der Waals surface area contributed by atoms with E-state index in [1.54, 1.807) is 0 Å². The molecule has 0 radical (unpaired) electrons. The highest BCUT2D eigenvalue weighted by Gasteiger charge is 2.43. The van der Waals surface area contributed by atoms with Gasteiger partial charge in [0.25, 0.3) is 0 Å². The van der Waals surface area contributed by atoms with Crippen LogP contribution in [0, 0.1) is 5.92 Å². The van der Waals surface area contributed by atoms with Crippen molar-refractivity contribution >= 4 is 21.4 Å². The first-order valence-electron chi connectivity index (χ1n) is 12.5. The first-order chi connectivity index (χ1) is 14.1. The maximum atomic E-state index is 6.35. The van der Waals surface area contributed by atoms with E-state index in [0.717, 1.165) is 45.1 Å². The van der Waals surface area contributed by atoms with E-state index in [1.165, 1.54) is 70.6 Å². The zero-order valence-electron chi connectivity index (χ0n) is 19.6. The van der Waals surface area contributed by atoms with Crippen molar-refractivity contribution in [3.05, 3.63) is 0 Å². The van der Waals surface area contributed by atoms with Gasteiger partial charge >= 0.3 is 8.80 Å². The smallest absolute Gasteiger partial charge is 0.373 e. The minimum atomic E-state index is -2.65. The fraction of sp³-hybridized carbons (Fsp3) is 1.00. The zero-order chi connectivity index (χ0) is 21.2. The Bertz CT molecular complexity index is 366. The molecule has 3 unspecified atom stereocenters. The molecule has 6 heteroatoms. The van der Waals surface area contributed by atoms with Crippen LogP contribution in [-0.2, 0) is 13.4 Å². The summed E-state index contributed by atoms with van der Waals surface area (Å²) in [6, 6.07) is 0.868. The third-order valence-corrected chi connectivity index (χ3v) is 9.00. The minimum absolute atomic E-state index is 0.412. The number of hydrogen-bond acceptors (Lipinski definition) is 5. The maximum Gasteiger partial charge on any atom is 0.517 e. The van der Waals surface area contributed by atoms with Crippen LogP contribution in [0.3, 0.4) is 0 Å². The number of nitrogens with one attached hydrogen (secondary N) is 1. The quantitative estimate of drug-likeness (QED) is 0.144. The van der Waals surface area contributed by atoms with Crippen LogP contribution in [0.1, 0.15) is 111 Å². The van der Waals surface area contributed by atoms with Crippen molar-refractivity contribution in [1.82, 2.24) is 5.48 Å². The van der Waals surface area contributed by atoms with E-state index < -0.39 is 8.80 Å². The van der Waals surface area contributed by atoms with E-state index in [2.05, 4.69) is 26.3 Å². The van der Waals surface area contributed by atoms with Gasteiger partial charge in [0.1, 0.15) is 0 Å². The molecule has 3 atom stereocenters. The molecule has 0 bridgehead atoms. The lowest BCUT2D eigenvalue weighted by atomic mass is 10.1. The summed E-state index contributed by atoms with van der Waals surface area (Å²) in [5.74, 6) is 0.571. The van der Waals surface area contributed by atoms with Gasteiger partial charge in [-0.15, -0.1) is 0 Å². The van der Waals surface area contributed by atoms with Gasteiger partial charge in [-0.1, -0.05) is 85.0 Å². The summed E-state index contributed by atoms with van der Waals surface area (Å²) in [6.45, 7) is 9.13. The average molecular weight is 448 g/mol. The van der Waals surface area contributed by atoms with Gasteiger partial charge in [-0.2, -0.15) is 12.6 Å². The molecule has 29 heavy (non-hydrogen) atoms. The summed E-state index contributed by atoms with van der Waals surface area (Å²) < 4.78 is 18.8. The molecule has 1 N–H and O–H groups in total. The van der Waals surface area contributed by atoms with Crippen molar-refractivity contribution in [1.29, 1.82) is 0 Å². The van der Waals surface area contributed by atoms with Crippen LogP contribution in [-0.4, -0.2) is 33.8 Å². The number of thiol groups is 1. The van der Waals surface area contributed by atoms with Crippen LogP contribution in [0.25, 0.3) is 0 Å². The molecule has 1 saturated heterocycles. The normalized spacial score (nSPS) is 24.2. The summed E-state index contributed by atoms with van der Waals surface area (Å²) in [4.78, 5) is 0. The molecule has 1 heterocycles. The van der Waals surface area contributed by atoms with Crippen LogP contribution in [0.2, 0.25) is 6.04 Å². The van der Waals surface area contributed by atoms with Gasteiger partial charge in [0, 0.05) is 31.1 Å². The van der Waals surface area contributed by atoms with Gasteiger partial charge in [0.15, 0.2) is 0 Å². The monoisotopic (exact) mass is 447 g/mol. The first kappa shape index (κ1) is 27.4. The van der Waals surface area contributed by atoms with Crippen LogP contribution < -0.4 is 5.48 Å². The number of rotatable bonds is 17. The summed E-state index contributed by atoms with van der Waals surface area (Å²) >= 11 is 4.85. The molecule has 0 aromatic rings. The highest BCUT2D eigenvalue weighted by Crippen LogP contribution is 2.25. The lowest BCUT2D eigenvalue weighted by Gasteiger charge is -2.33. The topological polar surface area (TPSA) is 39.7 Å². The fourth-order valence-corrected chi connectivity index (χ4v) is 6.72. The third kappa shape index (κ3) is 14.2. The van der Waals surface area contributed by atoms with E-state index in [0.29, 0.717) is 11.2 Å². The molecule has 1 fully saturated rings. The standard InChI is InChI=1S/C23H49NO3SSi/c1-4-6-8-10-12-14-18-25-29(26-19-16-22(3)21-24-27-29)20-17-23(28)15-13-11-9-7-5-2/h22-24,28H,4-21H2,1-3H3. The molecule has 1 rings (SSSR count). The van der Waals surface area contributed by atoms with Crippen LogP contribution in [0.5, 0.6) is 0 Å². The van der Waals surface area contributed by atoms with Crippen molar-refractivity contribution in [2.45, 2.75) is 122 Å². The van der Waals surface area contributed by atoms with E-state index >= 15 is 0 Å². The second-order valence-corrected chi connectivity index (χ2v) is 12.3. The molecule has 0 aromatic heterocycles. The van der Waals surface area contributed by atoms with Gasteiger partial charge in [0.05, 0.1) is 0 Å².